The van der Waals surface area contributed by atoms with Crippen molar-refractivity contribution in [1.29, 1.82) is 0 Å². The third kappa shape index (κ3) is 5.35. The van der Waals surface area contributed by atoms with Crippen LogP contribution in [0.3, 0.4) is 0 Å². The molecule has 0 unspecified atom stereocenters. The second kappa shape index (κ2) is 9.62. The van der Waals surface area contributed by atoms with E-state index in [9.17, 15) is 10.1 Å². The van der Waals surface area contributed by atoms with Crippen LogP contribution in [0, 0.1) is 10.1 Å². The SMILES string of the molecule is CCCCOc1c(OC)cc(/C=N/Nc2ccc(Cl)cc2)cc1[N+](=O)[O-]. The molecule has 1 N–H and O–H groups in total. The maximum atomic E-state index is 11.4. The van der Waals surface area contributed by atoms with Crippen LogP contribution in [0.2, 0.25) is 5.02 Å². The molecule has 0 saturated carbocycles. The van der Waals surface area contributed by atoms with Crippen LogP contribution in [0.4, 0.5) is 11.4 Å². The molecule has 2 aromatic carbocycles. The van der Waals surface area contributed by atoms with Crippen LogP contribution in [-0.2, 0) is 0 Å². The van der Waals surface area contributed by atoms with Crippen LogP contribution < -0.4 is 14.9 Å². The van der Waals surface area contributed by atoms with Gasteiger partial charge in [0.05, 0.1) is 30.5 Å². The van der Waals surface area contributed by atoms with E-state index >= 15 is 0 Å². The number of nitrogens with zero attached hydrogens (tertiary/aromatic N) is 2. The van der Waals surface area contributed by atoms with Crippen LogP contribution in [0.1, 0.15) is 25.3 Å². The van der Waals surface area contributed by atoms with Gasteiger partial charge in [0.15, 0.2) is 5.75 Å². The summed E-state index contributed by atoms with van der Waals surface area (Å²) in [6.45, 7) is 2.40. The zero-order chi connectivity index (χ0) is 18.9. The van der Waals surface area contributed by atoms with E-state index in [2.05, 4.69) is 10.5 Å². The fraction of sp³-hybridized carbons (Fsp3) is 0.278. The number of hydrogen-bond acceptors (Lipinski definition) is 6. The van der Waals surface area contributed by atoms with Gasteiger partial charge in [-0.3, -0.25) is 15.5 Å². The van der Waals surface area contributed by atoms with Crippen LogP contribution in [-0.4, -0.2) is 24.9 Å². The van der Waals surface area contributed by atoms with Gasteiger partial charge in [0, 0.05) is 16.7 Å². The van der Waals surface area contributed by atoms with Gasteiger partial charge in [0.1, 0.15) is 0 Å². The molecular weight excluding hydrogens is 358 g/mol. The Morgan fingerprint density at radius 2 is 2.04 bits per heavy atom. The number of benzene rings is 2. The number of anilines is 1. The maximum absolute atomic E-state index is 11.4. The molecule has 138 valence electrons. The molecule has 8 heteroatoms. The van der Waals surface area contributed by atoms with Crippen molar-refractivity contribution in [3.8, 4) is 11.5 Å². The fourth-order valence-corrected chi connectivity index (χ4v) is 2.27. The molecule has 0 fully saturated rings. The zero-order valence-electron chi connectivity index (χ0n) is 14.6. The first kappa shape index (κ1) is 19.5. The highest BCUT2D eigenvalue weighted by Gasteiger charge is 2.21. The highest BCUT2D eigenvalue weighted by atomic mass is 35.5. The van der Waals surface area contributed by atoms with Gasteiger partial charge in [-0.25, -0.2) is 0 Å². The molecule has 0 aliphatic carbocycles. The van der Waals surface area contributed by atoms with E-state index in [0.29, 0.717) is 22.9 Å². The molecule has 26 heavy (non-hydrogen) atoms. The van der Waals surface area contributed by atoms with Crippen molar-refractivity contribution < 1.29 is 14.4 Å². The number of hydrogen-bond donors (Lipinski definition) is 1. The lowest BCUT2D eigenvalue weighted by Gasteiger charge is -2.11. The average molecular weight is 378 g/mol. The summed E-state index contributed by atoms with van der Waals surface area (Å²) in [4.78, 5) is 10.9. The van der Waals surface area contributed by atoms with Crippen LogP contribution in [0.5, 0.6) is 11.5 Å². The van der Waals surface area contributed by atoms with E-state index in [1.807, 2.05) is 6.92 Å². The molecule has 0 aliphatic heterocycles. The zero-order valence-corrected chi connectivity index (χ0v) is 15.3. The van der Waals surface area contributed by atoms with Crippen LogP contribution in [0.25, 0.3) is 0 Å². The minimum Gasteiger partial charge on any atom is -0.493 e. The Balaban J connectivity index is 2.22. The molecule has 7 nitrogen and oxygen atoms in total. The van der Waals surface area contributed by atoms with Crippen LogP contribution in [0.15, 0.2) is 41.5 Å². The van der Waals surface area contributed by atoms with Crippen LogP contribution >= 0.6 is 11.6 Å². The van der Waals surface area contributed by atoms with E-state index in [1.165, 1.54) is 19.4 Å². The van der Waals surface area contributed by atoms with Crippen molar-refractivity contribution in [1.82, 2.24) is 0 Å². The normalized spacial score (nSPS) is 10.7. The quantitative estimate of drug-likeness (QED) is 0.291. The molecule has 0 spiro atoms. The summed E-state index contributed by atoms with van der Waals surface area (Å²) in [5.74, 6) is 0.428. The Labute approximate surface area is 156 Å². The Morgan fingerprint density at radius 1 is 1.31 bits per heavy atom. The van der Waals surface area contributed by atoms with E-state index in [-0.39, 0.29) is 11.4 Å². The van der Waals surface area contributed by atoms with Gasteiger partial charge in [-0.15, -0.1) is 0 Å². The molecule has 0 radical (unpaired) electrons. The van der Waals surface area contributed by atoms with E-state index in [0.717, 1.165) is 18.5 Å². The summed E-state index contributed by atoms with van der Waals surface area (Å²) in [5.41, 5.74) is 3.93. The first-order valence-electron chi connectivity index (χ1n) is 8.09. The second-order valence-electron chi connectivity index (χ2n) is 5.41. The van der Waals surface area contributed by atoms with Gasteiger partial charge in [0.25, 0.3) is 0 Å². The summed E-state index contributed by atoms with van der Waals surface area (Å²) in [6, 6.07) is 10.0. The van der Waals surface area contributed by atoms with Crippen molar-refractivity contribution in [2.45, 2.75) is 19.8 Å². The minimum absolute atomic E-state index is 0.133. The van der Waals surface area contributed by atoms with Crippen molar-refractivity contribution >= 4 is 29.2 Å². The molecule has 0 bridgehead atoms. The second-order valence-corrected chi connectivity index (χ2v) is 5.84. The summed E-state index contributed by atoms with van der Waals surface area (Å²) >= 11 is 5.83. The number of methoxy groups -OCH3 is 1. The monoisotopic (exact) mass is 377 g/mol. The predicted octanol–water partition coefficient (Wildman–Crippen LogP) is 4.88. The number of nitro groups is 1. The third-order valence-corrected chi connectivity index (χ3v) is 3.72. The number of rotatable bonds is 9. The smallest absolute Gasteiger partial charge is 0.315 e. The third-order valence-electron chi connectivity index (χ3n) is 3.47. The number of hydrazone groups is 1. The molecule has 0 atom stereocenters. The van der Waals surface area contributed by atoms with Gasteiger partial charge in [-0.05, 0) is 36.8 Å². The Hall–Kier alpha value is -2.80. The summed E-state index contributed by atoms with van der Waals surface area (Å²) in [6.07, 6.45) is 3.20. The van der Waals surface area contributed by atoms with E-state index in [4.69, 9.17) is 21.1 Å². The Morgan fingerprint density at radius 3 is 2.65 bits per heavy atom. The predicted molar refractivity (Wildman–Crippen MR) is 103 cm³/mol. The number of unbranched alkanes of at least 4 members (excludes halogenated alkanes) is 1. The van der Waals surface area contributed by atoms with E-state index in [1.54, 1.807) is 30.3 Å². The summed E-state index contributed by atoms with van der Waals surface area (Å²) < 4.78 is 10.8. The molecule has 0 saturated heterocycles. The number of nitrogens with one attached hydrogen (secondary N) is 1. The maximum Gasteiger partial charge on any atom is 0.315 e. The lowest BCUT2D eigenvalue weighted by Crippen LogP contribution is -2.03. The molecule has 0 heterocycles. The molecular formula is C18H20ClN3O4. The fourth-order valence-electron chi connectivity index (χ4n) is 2.14. The number of ether oxygens (including phenoxy) is 2. The van der Waals surface area contributed by atoms with Gasteiger partial charge < -0.3 is 9.47 Å². The first-order valence-corrected chi connectivity index (χ1v) is 8.46. The summed E-state index contributed by atoms with van der Waals surface area (Å²) in [7, 11) is 1.44. The van der Waals surface area contributed by atoms with Gasteiger partial charge in [-0.1, -0.05) is 24.9 Å². The van der Waals surface area contributed by atoms with Crippen molar-refractivity contribution in [3.63, 3.8) is 0 Å². The number of nitro benzene ring substituents is 1. The lowest BCUT2D eigenvalue weighted by atomic mass is 10.2. The molecule has 0 aliphatic rings. The molecule has 0 aromatic heterocycles. The Kier molecular flexibility index (Phi) is 7.23. The van der Waals surface area contributed by atoms with E-state index < -0.39 is 4.92 Å². The molecule has 2 rings (SSSR count). The van der Waals surface area contributed by atoms with Gasteiger partial charge in [-0.2, -0.15) is 5.10 Å². The number of halogens is 1. The van der Waals surface area contributed by atoms with Crippen molar-refractivity contribution in [2.75, 3.05) is 19.1 Å². The summed E-state index contributed by atoms with van der Waals surface area (Å²) in [5, 5.41) is 16.1. The highest BCUT2D eigenvalue weighted by Crippen LogP contribution is 2.38. The standard InChI is InChI=1S/C18H20ClN3O4/c1-3-4-9-26-18-16(22(23)24)10-13(11-17(18)25-2)12-20-21-15-7-5-14(19)6-8-15/h5-8,10-12,21H,3-4,9H2,1-2H3/b20-12+. The molecule has 0 amide bonds. The first-order chi connectivity index (χ1) is 12.5. The lowest BCUT2D eigenvalue weighted by molar-refractivity contribution is -0.386. The Bertz CT molecular complexity index is 779. The van der Waals surface area contributed by atoms with Gasteiger partial charge >= 0.3 is 5.69 Å². The highest BCUT2D eigenvalue weighted by molar-refractivity contribution is 6.30. The average Bonchev–Trinajstić information content (AvgIpc) is 2.63. The molecule has 2 aromatic rings. The minimum atomic E-state index is -0.492. The van der Waals surface area contributed by atoms with Crippen molar-refractivity contribution in [2.24, 2.45) is 5.10 Å². The topological polar surface area (TPSA) is 86.0 Å². The largest absolute Gasteiger partial charge is 0.493 e. The van der Waals surface area contributed by atoms with Crippen molar-refractivity contribution in [3.05, 3.63) is 57.1 Å². The van der Waals surface area contributed by atoms with Gasteiger partial charge in [0.2, 0.25) is 5.75 Å².